The number of anilines is 1. The fraction of sp³-hybridized carbons (Fsp3) is 0.214. The van der Waals surface area contributed by atoms with Gasteiger partial charge in [0.15, 0.2) is 11.5 Å². The van der Waals surface area contributed by atoms with E-state index in [-0.39, 0.29) is 12.3 Å². The number of nitrogens with two attached hydrogens (primary N) is 1. The minimum atomic E-state index is -0.346. The van der Waals surface area contributed by atoms with Gasteiger partial charge in [-0.1, -0.05) is 30.3 Å². The molecule has 3 rings (SSSR count). The number of hydrogen-bond acceptors (Lipinski definition) is 6. The quantitative estimate of drug-likeness (QED) is 0.706. The van der Waals surface area contributed by atoms with Crippen molar-refractivity contribution >= 4 is 17.4 Å². The molecule has 2 N–H and O–H groups in total. The van der Waals surface area contributed by atoms with Crippen LogP contribution in [-0.2, 0) is 11.3 Å². The molecule has 0 bridgehead atoms. The topological polar surface area (TPSA) is 102 Å². The minimum absolute atomic E-state index is 0.252. The van der Waals surface area contributed by atoms with Gasteiger partial charge in [-0.05, 0) is 28.1 Å². The van der Waals surface area contributed by atoms with Crippen LogP contribution in [-0.4, -0.2) is 37.7 Å². The summed E-state index contributed by atoms with van der Waals surface area (Å²) in [6.07, 6.45) is 0.252. The zero-order chi connectivity index (χ0) is 15.4. The van der Waals surface area contributed by atoms with Crippen molar-refractivity contribution in [3.05, 3.63) is 48.0 Å². The van der Waals surface area contributed by atoms with Crippen molar-refractivity contribution in [2.24, 2.45) is 5.73 Å². The number of primary amides is 1. The van der Waals surface area contributed by atoms with Crippen LogP contribution < -0.4 is 10.6 Å². The zero-order valence-electron chi connectivity index (χ0n) is 11.8. The van der Waals surface area contributed by atoms with Crippen molar-refractivity contribution in [3.8, 4) is 0 Å². The molecule has 0 saturated carbocycles. The van der Waals surface area contributed by atoms with Crippen LogP contribution in [0.15, 0.2) is 42.5 Å². The molecule has 0 spiro atoms. The lowest BCUT2D eigenvalue weighted by atomic mass is 10.2. The van der Waals surface area contributed by atoms with Crippen LogP contribution in [0, 0.1) is 0 Å². The van der Waals surface area contributed by atoms with E-state index in [1.165, 1.54) is 4.63 Å². The van der Waals surface area contributed by atoms with E-state index in [0.717, 1.165) is 5.56 Å². The Labute approximate surface area is 126 Å². The summed E-state index contributed by atoms with van der Waals surface area (Å²) in [6.45, 7) is 1.10. The number of amides is 1. The predicted octanol–water partition coefficient (Wildman–Crippen LogP) is 0.401. The maximum atomic E-state index is 11.1. The van der Waals surface area contributed by atoms with Crippen LogP contribution in [0.3, 0.4) is 0 Å². The largest absolute Gasteiger partial charge is 0.370 e. The van der Waals surface area contributed by atoms with Crippen molar-refractivity contribution in [3.63, 3.8) is 0 Å². The lowest BCUT2D eigenvalue weighted by Crippen LogP contribution is -2.29. The Bertz CT molecular complexity index is 771. The first-order chi connectivity index (χ1) is 10.7. The second-order valence-electron chi connectivity index (χ2n) is 4.84. The van der Waals surface area contributed by atoms with Gasteiger partial charge >= 0.3 is 0 Å². The highest BCUT2D eigenvalue weighted by Gasteiger charge is 2.12. The molecule has 1 amide bonds. The molecule has 22 heavy (non-hydrogen) atoms. The number of fused-ring (bicyclic) bond motifs is 1. The van der Waals surface area contributed by atoms with Gasteiger partial charge in [-0.3, -0.25) is 4.79 Å². The van der Waals surface area contributed by atoms with Crippen LogP contribution in [0.5, 0.6) is 0 Å². The number of tetrazole rings is 1. The summed E-state index contributed by atoms with van der Waals surface area (Å²) in [5.41, 5.74) is 6.95. The molecule has 0 aliphatic carbocycles. The van der Waals surface area contributed by atoms with Gasteiger partial charge in [-0.15, -0.1) is 14.8 Å². The van der Waals surface area contributed by atoms with E-state index in [1.807, 2.05) is 41.3 Å². The number of nitrogens with zero attached hydrogens (tertiary/aromatic N) is 6. The summed E-state index contributed by atoms with van der Waals surface area (Å²) in [6, 6.07) is 13.6. The third-order valence-electron chi connectivity index (χ3n) is 3.22. The van der Waals surface area contributed by atoms with Crippen molar-refractivity contribution < 1.29 is 4.79 Å². The van der Waals surface area contributed by atoms with Gasteiger partial charge in [0.2, 0.25) is 5.91 Å². The molecule has 3 aromatic rings. The molecule has 8 nitrogen and oxygen atoms in total. The molecule has 2 aromatic heterocycles. The summed E-state index contributed by atoms with van der Waals surface area (Å²) < 4.78 is 1.36. The average molecular weight is 297 g/mol. The second kappa shape index (κ2) is 6.17. The van der Waals surface area contributed by atoms with Crippen molar-refractivity contribution in [1.29, 1.82) is 0 Å². The molecule has 2 heterocycles. The average Bonchev–Trinajstić information content (AvgIpc) is 2.99. The molecular weight excluding hydrogens is 282 g/mol. The summed E-state index contributed by atoms with van der Waals surface area (Å²) in [5.74, 6) is 0.339. The highest BCUT2D eigenvalue weighted by Crippen LogP contribution is 2.15. The van der Waals surface area contributed by atoms with Crippen LogP contribution in [0.2, 0.25) is 0 Å². The van der Waals surface area contributed by atoms with Gasteiger partial charge < -0.3 is 10.6 Å². The van der Waals surface area contributed by atoms with E-state index >= 15 is 0 Å². The minimum Gasteiger partial charge on any atom is -0.370 e. The van der Waals surface area contributed by atoms with E-state index in [4.69, 9.17) is 5.73 Å². The normalized spacial score (nSPS) is 10.7. The molecule has 0 unspecified atom stereocenters. The smallest absolute Gasteiger partial charge is 0.219 e. The molecular formula is C14H15N7O. The first kappa shape index (κ1) is 13.9. The first-order valence-corrected chi connectivity index (χ1v) is 6.85. The van der Waals surface area contributed by atoms with Crippen LogP contribution >= 0.6 is 0 Å². The molecule has 0 aliphatic rings. The predicted molar refractivity (Wildman–Crippen MR) is 79.9 cm³/mol. The summed E-state index contributed by atoms with van der Waals surface area (Å²) in [4.78, 5) is 13.1. The SMILES string of the molecule is NC(=O)CCN(Cc1ccccc1)c1ccc2nnnn2n1. The number of hydrogen-bond donors (Lipinski definition) is 1. The molecule has 112 valence electrons. The Morgan fingerprint density at radius 3 is 2.77 bits per heavy atom. The van der Waals surface area contributed by atoms with E-state index in [0.29, 0.717) is 24.6 Å². The fourth-order valence-corrected chi connectivity index (χ4v) is 2.13. The number of carbonyl (C=O) groups excluding carboxylic acids is 1. The second-order valence-corrected chi connectivity index (χ2v) is 4.84. The summed E-state index contributed by atoms with van der Waals surface area (Å²) in [5, 5.41) is 15.5. The molecule has 0 aliphatic heterocycles. The third-order valence-corrected chi connectivity index (χ3v) is 3.22. The van der Waals surface area contributed by atoms with Crippen LogP contribution in [0.1, 0.15) is 12.0 Å². The maximum Gasteiger partial charge on any atom is 0.219 e. The lowest BCUT2D eigenvalue weighted by Gasteiger charge is -2.23. The fourth-order valence-electron chi connectivity index (χ4n) is 2.13. The monoisotopic (exact) mass is 297 g/mol. The number of aromatic nitrogens is 5. The van der Waals surface area contributed by atoms with E-state index in [9.17, 15) is 4.79 Å². The first-order valence-electron chi connectivity index (χ1n) is 6.85. The standard InChI is InChI=1S/C14H15N7O/c15-12(22)8-9-20(10-11-4-2-1-3-5-11)14-7-6-13-16-18-19-21(13)17-14/h1-7H,8-10H2,(H2,15,22). The van der Waals surface area contributed by atoms with Gasteiger partial charge in [0.05, 0.1) is 0 Å². The molecule has 1 aromatic carbocycles. The zero-order valence-corrected chi connectivity index (χ0v) is 11.8. The highest BCUT2D eigenvalue weighted by molar-refractivity contribution is 5.74. The van der Waals surface area contributed by atoms with Gasteiger partial charge in [0.1, 0.15) is 0 Å². The summed E-state index contributed by atoms with van der Waals surface area (Å²) >= 11 is 0. The molecule has 0 atom stereocenters. The number of rotatable bonds is 6. The molecule has 0 saturated heterocycles. The van der Waals surface area contributed by atoms with Crippen molar-refractivity contribution in [2.45, 2.75) is 13.0 Å². The van der Waals surface area contributed by atoms with Gasteiger partial charge in [-0.25, -0.2) is 0 Å². The lowest BCUT2D eigenvalue weighted by molar-refractivity contribution is -0.117. The Balaban J connectivity index is 1.87. The van der Waals surface area contributed by atoms with Gasteiger partial charge in [0, 0.05) is 19.5 Å². The van der Waals surface area contributed by atoms with Gasteiger partial charge in [-0.2, -0.15) is 0 Å². The third kappa shape index (κ3) is 3.17. The Hall–Kier alpha value is -3.03. The van der Waals surface area contributed by atoms with Crippen molar-refractivity contribution in [1.82, 2.24) is 25.3 Å². The molecule has 0 fully saturated rings. The maximum absolute atomic E-state index is 11.1. The highest BCUT2D eigenvalue weighted by atomic mass is 16.1. The molecule has 0 radical (unpaired) electrons. The van der Waals surface area contributed by atoms with Crippen LogP contribution in [0.4, 0.5) is 5.82 Å². The van der Waals surface area contributed by atoms with Crippen molar-refractivity contribution in [2.75, 3.05) is 11.4 Å². The number of carbonyl (C=O) groups is 1. The van der Waals surface area contributed by atoms with Crippen LogP contribution in [0.25, 0.3) is 5.65 Å². The Morgan fingerprint density at radius 2 is 2.00 bits per heavy atom. The Morgan fingerprint density at radius 1 is 1.18 bits per heavy atom. The number of benzene rings is 1. The summed E-state index contributed by atoms with van der Waals surface area (Å²) in [7, 11) is 0. The Kier molecular flexibility index (Phi) is 3.90. The van der Waals surface area contributed by atoms with E-state index < -0.39 is 0 Å². The van der Waals surface area contributed by atoms with Gasteiger partial charge in [0.25, 0.3) is 0 Å². The molecule has 8 heteroatoms. The van der Waals surface area contributed by atoms with E-state index in [1.54, 1.807) is 6.07 Å². The van der Waals surface area contributed by atoms with E-state index in [2.05, 4.69) is 20.6 Å².